The van der Waals surface area contributed by atoms with Gasteiger partial charge in [-0.1, -0.05) is 56.3 Å². The zero-order valence-corrected chi connectivity index (χ0v) is 15.3. The molecule has 0 fully saturated rings. The van der Waals surface area contributed by atoms with E-state index in [1.807, 2.05) is 60.7 Å². The van der Waals surface area contributed by atoms with Gasteiger partial charge in [0.15, 0.2) is 0 Å². The molecule has 0 bridgehead atoms. The Labute approximate surface area is 154 Å². The van der Waals surface area contributed by atoms with Crippen LogP contribution in [0.15, 0.2) is 66.7 Å². The number of carbonyl (C=O) groups is 1. The highest BCUT2D eigenvalue weighted by molar-refractivity contribution is 5.95. The molecule has 0 atom stereocenters. The lowest BCUT2D eigenvalue weighted by Crippen LogP contribution is -2.08. The summed E-state index contributed by atoms with van der Waals surface area (Å²) in [6.07, 6.45) is 0.876. The summed E-state index contributed by atoms with van der Waals surface area (Å²) in [5.41, 5.74) is 1.71. The molecule has 0 heterocycles. The van der Waals surface area contributed by atoms with E-state index in [2.05, 4.69) is 13.8 Å². The molecule has 3 nitrogen and oxygen atoms in total. The van der Waals surface area contributed by atoms with Crippen molar-refractivity contribution >= 4 is 16.7 Å². The number of rotatable bonds is 7. The Kier molecular flexibility index (Phi) is 5.90. The van der Waals surface area contributed by atoms with Crippen LogP contribution < -0.4 is 4.74 Å². The number of fused-ring (bicyclic) bond motifs is 1. The van der Waals surface area contributed by atoms with Crippen molar-refractivity contribution in [2.45, 2.75) is 26.9 Å². The van der Waals surface area contributed by atoms with E-state index in [4.69, 9.17) is 9.47 Å². The van der Waals surface area contributed by atoms with Gasteiger partial charge >= 0.3 is 5.97 Å². The van der Waals surface area contributed by atoms with Crippen LogP contribution >= 0.6 is 0 Å². The van der Waals surface area contributed by atoms with Gasteiger partial charge < -0.3 is 9.47 Å². The molecule has 26 heavy (non-hydrogen) atoms. The van der Waals surface area contributed by atoms with Crippen LogP contribution in [0.3, 0.4) is 0 Å². The Morgan fingerprint density at radius 2 is 1.65 bits per heavy atom. The second-order valence-corrected chi connectivity index (χ2v) is 6.82. The lowest BCUT2D eigenvalue weighted by molar-refractivity contribution is 0.0488. The molecule has 134 valence electrons. The van der Waals surface area contributed by atoms with Crippen molar-refractivity contribution in [1.29, 1.82) is 0 Å². The maximum absolute atomic E-state index is 12.1. The zero-order valence-electron chi connectivity index (χ0n) is 15.3. The summed E-state index contributed by atoms with van der Waals surface area (Å²) in [6, 6.07) is 21.6. The predicted molar refractivity (Wildman–Crippen MR) is 104 cm³/mol. The highest BCUT2D eigenvalue weighted by Gasteiger charge is 2.09. The van der Waals surface area contributed by atoms with Crippen molar-refractivity contribution in [3.63, 3.8) is 0 Å². The zero-order chi connectivity index (χ0) is 18.4. The number of hydrogen-bond acceptors (Lipinski definition) is 3. The summed E-state index contributed by atoms with van der Waals surface area (Å²) in [5, 5.41) is 2.03. The molecule has 0 N–H and O–H groups in total. The van der Waals surface area contributed by atoms with Gasteiger partial charge in [0.25, 0.3) is 0 Å². The maximum atomic E-state index is 12.1. The van der Waals surface area contributed by atoms with Crippen LogP contribution in [0.1, 0.15) is 36.2 Å². The molecule has 3 rings (SSSR count). The minimum absolute atomic E-state index is 0.267. The quantitative estimate of drug-likeness (QED) is 0.520. The van der Waals surface area contributed by atoms with Gasteiger partial charge in [-0.3, -0.25) is 0 Å². The second kappa shape index (κ2) is 8.52. The molecule has 0 saturated carbocycles. The lowest BCUT2D eigenvalue weighted by atomic mass is 10.1. The summed E-state index contributed by atoms with van der Waals surface area (Å²) >= 11 is 0. The van der Waals surface area contributed by atoms with Gasteiger partial charge in [0.05, 0.1) is 12.2 Å². The highest BCUT2D eigenvalue weighted by atomic mass is 16.5. The van der Waals surface area contributed by atoms with Crippen LogP contribution in [0.5, 0.6) is 5.75 Å². The van der Waals surface area contributed by atoms with Crippen LogP contribution in [0.25, 0.3) is 10.8 Å². The molecule has 3 aromatic carbocycles. The summed E-state index contributed by atoms with van der Waals surface area (Å²) in [4.78, 5) is 12.1. The third kappa shape index (κ3) is 4.85. The van der Waals surface area contributed by atoms with Crippen molar-refractivity contribution in [2.24, 2.45) is 5.92 Å². The Morgan fingerprint density at radius 3 is 2.42 bits per heavy atom. The summed E-state index contributed by atoms with van der Waals surface area (Å²) < 4.78 is 11.2. The largest absolute Gasteiger partial charge is 0.489 e. The van der Waals surface area contributed by atoms with Crippen LogP contribution in [0, 0.1) is 5.92 Å². The lowest BCUT2D eigenvalue weighted by Gasteiger charge is -2.09. The van der Waals surface area contributed by atoms with Gasteiger partial charge in [0.2, 0.25) is 0 Å². The predicted octanol–water partition coefficient (Wildman–Crippen LogP) is 5.62. The fourth-order valence-corrected chi connectivity index (χ4v) is 2.65. The van der Waals surface area contributed by atoms with Gasteiger partial charge in [-0.05, 0) is 52.9 Å². The third-order valence-corrected chi connectivity index (χ3v) is 4.22. The minimum atomic E-state index is -0.267. The molecule has 0 aliphatic rings. The molecule has 0 aromatic heterocycles. The molecular weight excluding hydrogens is 324 g/mol. The first-order valence-corrected chi connectivity index (χ1v) is 8.99. The van der Waals surface area contributed by atoms with E-state index in [1.54, 1.807) is 6.07 Å². The Morgan fingerprint density at radius 1 is 0.923 bits per heavy atom. The molecule has 0 radical (unpaired) electrons. The maximum Gasteiger partial charge on any atom is 0.338 e. The number of carbonyl (C=O) groups excluding carboxylic acids is 1. The second-order valence-electron chi connectivity index (χ2n) is 6.82. The molecule has 0 aliphatic heterocycles. The van der Waals surface area contributed by atoms with Crippen LogP contribution in [-0.2, 0) is 11.3 Å². The Hall–Kier alpha value is -2.81. The van der Waals surface area contributed by atoms with Gasteiger partial charge in [0.1, 0.15) is 12.4 Å². The van der Waals surface area contributed by atoms with E-state index in [1.165, 1.54) is 0 Å². The average molecular weight is 348 g/mol. The number of benzene rings is 3. The summed E-state index contributed by atoms with van der Waals surface area (Å²) in [7, 11) is 0. The van der Waals surface area contributed by atoms with Gasteiger partial charge in [-0.2, -0.15) is 0 Å². The van der Waals surface area contributed by atoms with Crippen molar-refractivity contribution in [1.82, 2.24) is 0 Å². The molecule has 0 amide bonds. The highest BCUT2D eigenvalue weighted by Crippen LogP contribution is 2.23. The normalized spacial score (nSPS) is 10.9. The topological polar surface area (TPSA) is 35.5 Å². The molecule has 0 spiro atoms. The van der Waals surface area contributed by atoms with E-state index in [0.29, 0.717) is 24.7 Å². The van der Waals surface area contributed by atoms with Crippen LogP contribution in [0.4, 0.5) is 0 Å². The fourth-order valence-electron chi connectivity index (χ4n) is 2.65. The molecule has 3 heteroatoms. The van der Waals surface area contributed by atoms with Crippen LogP contribution in [-0.4, -0.2) is 12.6 Å². The molecule has 3 aromatic rings. The van der Waals surface area contributed by atoms with E-state index < -0.39 is 0 Å². The van der Waals surface area contributed by atoms with Crippen molar-refractivity contribution in [2.75, 3.05) is 6.61 Å². The Balaban J connectivity index is 1.66. The van der Waals surface area contributed by atoms with Gasteiger partial charge in [0, 0.05) is 0 Å². The molecule has 0 unspecified atom stereocenters. The first-order chi connectivity index (χ1) is 12.6. The average Bonchev–Trinajstić information content (AvgIpc) is 2.66. The van der Waals surface area contributed by atoms with E-state index in [9.17, 15) is 4.79 Å². The van der Waals surface area contributed by atoms with E-state index in [0.717, 1.165) is 28.5 Å². The van der Waals surface area contributed by atoms with Gasteiger partial charge in [-0.15, -0.1) is 0 Å². The summed E-state index contributed by atoms with van der Waals surface area (Å²) in [5.74, 6) is 1.07. The molecule has 0 aliphatic carbocycles. The van der Waals surface area contributed by atoms with Crippen molar-refractivity contribution in [3.8, 4) is 5.75 Å². The van der Waals surface area contributed by atoms with Crippen LogP contribution in [0.2, 0.25) is 0 Å². The minimum Gasteiger partial charge on any atom is -0.489 e. The van der Waals surface area contributed by atoms with E-state index in [-0.39, 0.29) is 5.97 Å². The van der Waals surface area contributed by atoms with Gasteiger partial charge in [-0.25, -0.2) is 4.79 Å². The van der Waals surface area contributed by atoms with Crippen molar-refractivity contribution in [3.05, 3.63) is 77.9 Å². The fraction of sp³-hybridized carbons (Fsp3) is 0.261. The monoisotopic (exact) mass is 348 g/mol. The number of ether oxygens (including phenoxy) is 2. The molecular formula is C23H24O3. The third-order valence-electron chi connectivity index (χ3n) is 4.22. The van der Waals surface area contributed by atoms with Crippen molar-refractivity contribution < 1.29 is 14.3 Å². The first-order valence-electron chi connectivity index (χ1n) is 8.99. The Bertz CT molecular complexity index is 869. The standard InChI is InChI=1S/C23H24O3/c1-17(2)12-13-25-23(24)21-9-8-20-15-22(11-10-19(20)14-21)26-16-18-6-4-3-5-7-18/h3-11,14-15,17H,12-13,16H2,1-2H3. The SMILES string of the molecule is CC(C)CCOC(=O)c1ccc2cc(OCc3ccccc3)ccc2c1. The number of esters is 1. The summed E-state index contributed by atoms with van der Waals surface area (Å²) in [6.45, 7) is 5.22. The van der Waals surface area contributed by atoms with E-state index >= 15 is 0 Å². The smallest absolute Gasteiger partial charge is 0.338 e. The first kappa shape index (κ1) is 18.0. The molecule has 0 saturated heterocycles. The number of hydrogen-bond donors (Lipinski definition) is 0.